The van der Waals surface area contributed by atoms with E-state index in [1.54, 1.807) is 24.5 Å². The highest BCUT2D eigenvalue weighted by atomic mass is 79.9. The zero-order valence-corrected chi connectivity index (χ0v) is 13.8. The van der Waals surface area contributed by atoms with Gasteiger partial charge in [-0.15, -0.1) is 0 Å². The molecule has 0 spiro atoms. The Morgan fingerprint density at radius 1 is 1.45 bits per heavy atom. The number of anilines is 1. The van der Waals surface area contributed by atoms with Crippen LogP contribution in [0.4, 0.5) is 5.69 Å². The van der Waals surface area contributed by atoms with Gasteiger partial charge in [0, 0.05) is 23.4 Å². The highest BCUT2D eigenvalue weighted by Crippen LogP contribution is 2.24. The van der Waals surface area contributed by atoms with Crippen LogP contribution in [0.25, 0.3) is 0 Å². The fourth-order valence-corrected chi connectivity index (χ4v) is 2.49. The van der Waals surface area contributed by atoms with E-state index in [2.05, 4.69) is 26.2 Å². The number of nitrogens with zero attached hydrogens (tertiary/aromatic N) is 2. The van der Waals surface area contributed by atoms with E-state index in [1.165, 1.54) is 0 Å². The molecule has 0 unspecified atom stereocenters. The lowest BCUT2D eigenvalue weighted by Gasteiger charge is -2.09. The molecule has 1 amide bonds. The lowest BCUT2D eigenvalue weighted by molar-refractivity contribution is 0.101. The summed E-state index contributed by atoms with van der Waals surface area (Å²) < 4.78 is 2.55. The maximum atomic E-state index is 12.3. The molecule has 0 aliphatic carbocycles. The molecule has 0 bridgehead atoms. The van der Waals surface area contributed by atoms with Crippen LogP contribution in [0.1, 0.15) is 23.8 Å². The number of pyridine rings is 1. The molecule has 20 heavy (non-hydrogen) atoms. The van der Waals surface area contributed by atoms with Crippen LogP contribution in [-0.2, 0) is 6.54 Å². The van der Waals surface area contributed by atoms with Gasteiger partial charge in [-0.25, -0.2) is 4.98 Å². The summed E-state index contributed by atoms with van der Waals surface area (Å²) in [4.78, 5) is 16.3. The molecular weight excluding hydrogens is 365 g/mol. The van der Waals surface area contributed by atoms with Crippen LogP contribution < -0.4 is 5.32 Å². The van der Waals surface area contributed by atoms with Gasteiger partial charge in [-0.3, -0.25) is 4.79 Å². The fourth-order valence-electron chi connectivity index (χ4n) is 1.79. The quantitative estimate of drug-likeness (QED) is 0.791. The lowest BCUT2D eigenvalue weighted by Crippen LogP contribution is -2.17. The van der Waals surface area contributed by atoms with Gasteiger partial charge in [0.2, 0.25) is 0 Å². The van der Waals surface area contributed by atoms with Crippen molar-refractivity contribution >= 4 is 50.7 Å². The molecule has 0 atom stereocenters. The van der Waals surface area contributed by atoms with Crippen molar-refractivity contribution in [1.82, 2.24) is 9.55 Å². The summed E-state index contributed by atoms with van der Waals surface area (Å²) in [7, 11) is 0. The van der Waals surface area contributed by atoms with Gasteiger partial charge in [0.1, 0.15) is 5.69 Å². The van der Waals surface area contributed by atoms with Gasteiger partial charge in [0.25, 0.3) is 5.91 Å². The maximum absolute atomic E-state index is 12.3. The highest BCUT2D eigenvalue weighted by molar-refractivity contribution is 9.10. The van der Waals surface area contributed by atoms with Crippen LogP contribution in [-0.4, -0.2) is 15.5 Å². The summed E-state index contributed by atoms with van der Waals surface area (Å²) in [5.41, 5.74) is 0.944. The number of halogens is 3. The number of hydrogen-bond acceptors (Lipinski definition) is 2. The fraction of sp³-hybridized carbons (Fsp3) is 0.231. The van der Waals surface area contributed by atoms with E-state index in [-0.39, 0.29) is 11.1 Å². The van der Waals surface area contributed by atoms with Crippen LogP contribution in [0.3, 0.4) is 0 Å². The lowest BCUT2D eigenvalue weighted by atomic mass is 10.3. The normalized spacial score (nSPS) is 10.6. The number of carbonyl (C=O) groups excluding carboxylic acids is 1. The first-order valence-corrected chi connectivity index (χ1v) is 7.54. The average molecular weight is 377 g/mol. The summed E-state index contributed by atoms with van der Waals surface area (Å²) in [6.45, 7) is 2.75. The summed E-state index contributed by atoms with van der Waals surface area (Å²) in [5.74, 6) is -0.271. The molecular formula is C13H12BrCl2N3O. The molecule has 0 aliphatic rings. The Labute approximate surface area is 135 Å². The number of amides is 1. The van der Waals surface area contributed by atoms with Crippen molar-refractivity contribution in [3.05, 3.63) is 44.9 Å². The second-order valence-electron chi connectivity index (χ2n) is 4.18. The van der Waals surface area contributed by atoms with Gasteiger partial charge < -0.3 is 9.88 Å². The minimum atomic E-state index is -0.271. The number of aromatic nitrogens is 2. The van der Waals surface area contributed by atoms with Crippen molar-refractivity contribution in [2.24, 2.45) is 0 Å². The number of hydrogen-bond donors (Lipinski definition) is 1. The van der Waals surface area contributed by atoms with Gasteiger partial charge in [-0.05, 0) is 34.5 Å². The highest BCUT2D eigenvalue weighted by Gasteiger charge is 2.15. The molecule has 2 heterocycles. The molecule has 4 nitrogen and oxygen atoms in total. The topological polar surface area (TPSA) is 46.9 Å². The van der Waals surface area contributed by atoms with Gasteiger partial charge in [-0.2, -0.15) is 0 Å². The predicted octanol–water partition coefficient (Wildman–Crippen LogP) is 4.61. The number of carbonyl (C=O) groups is 1. The third kappa shape index (κ3) is 3.53. The molecule has 2 aromatic rings. The zero-order valence-electron chi connectivity index (χ0n) is 10.7. The first-order valence-electron chi connectivity index (χ1n) is 5.99. The molecule has 1 N–H and O–H groups in total. The second kappa shape index (κ2) is 6.61. The van der Waals surface area contributed by atoms with Gasteiger partial charge >= 0.3 is 0 Å². The Morgan fingerprint density at radius 2 is 2.20 bits per heavy atom. The Hall–Kier alpha value is -1.04. The first kappa shape index (κ1) is 15.4. The Kier molecular flexibility index (Phi) is 5.07. The average Bonchev–Trinajstić information content (AvgIpc) is 2.75. The van der Waals surface area contributed by atoms with Crippen LogP contribution in [0, 0.1) is 0 Å². The van der Waals surface area contributed by atoms with Crippen molar-refractivity contribution in [3.63, 3.8) is 0 Å². The van der Waals surface area contributed by atoms with E-state index in [4.69, 9.17) is 23.2 Å². The number of nitrogens with one attached hydrogen (secondary N) is 1. The maximum Gasteiger partial charge on any atom is 0.272 e. The van der Waals surface area contributed by atoms with Crippen LogP contribution in [0.15, 0.2) is 29.0 Å². The zero-order chi connectivity index (χ0) is 14.7. The molecule has 0 saturated carbocycles. The monoisotopic (exact) mass is 375 g/mol. The summed E-state index contributed by atoms with van der Waals surface area (Å²) in [5, 5.41) is 3.50. The van der Waals surface area contributed by atoms with Crippen molar-refractivity contribution < 1.29 is 4.79 Å². The minimum Gasteiger partial charge on any atom is -0.342 e. The molecule has 0 radical (unpaired) electrons. The van der Waals surface area contributed by atoms with Crippen molar-refractivity contribution in [1.29, 1.82) is 0 Å². The van der Waals surface area contributed by atoms with Gasteiger partial charge in [-0.1, -0.05) is 30.1 Å². The largest absolute Gasteiger partial charge is 0.342 e. The predicted molar refractivity (Wildman–Crippen MR) is 84.6 cm³/mol. The first-order chi connectivity index (χ1) is 9.51. The number of rotatable bonds is 4. The Balaban J connectivity index is 2.26. The molecule has 106 valence electrons. The van der Waals surface area contributed by atoms with Gasteiger partial charge in [0.05, 0.1) is 10.7 Å². The smallest absolute Gasteiger partial charge is 0.272 e. The van der Waals surface area contributed by atoms with Crippen molar-refractivity contribution in [2.45, 2.75) is 19.9 Å². The molecule has 0 fully saturated rings. The van der Waals surface area contributed by atoms with Crippen molar-refractivity contribution in [2.75, 3.05) is 5.32 Å². The number of aryl methyl sites for hydroxylation is 1. The standard InChI is InChI=1S/C13H12BrCl2N3O/c1-2-3-19-7-9(15)5-11(19)13(20)18-10-4-8(14)6-17-12(10)16/h4-7H,2-3H2,1H3,(H,18,20). The molecule has 2 rings (SSSR count). The SMILES string of the molecule is CCCn1cc(Cl)cc1C(=O)Nc1cc(Br)cnc1Cl. The van der Waals surface area contributed by atoms with Crippen LogP contribution in [0.5, 0.6) is 0 Å². The molecule has 0 aliphatic heterocycles. The minimum absolute atomic E-state index is 0.237. The summed E-state index contributed by atoms with van der Waals surface area (Å²) in [6.07, 6.45) is 4.21. The van der Waals surface area contributed by atoms with Crippen LogP contribution in [0.2, 0.25) is 10.2 Å². The summed E-state index contributed by atoms with van der Waals surface area (Å²) in [6, 6.07) is 3.33. The van der Waals surface area contributed by atoms with Gasteiger partial charge in [0.15, 0.2) is 5.15 Å². The second-order valence-corrected chi connectivity index (χ2v) is 5.89. The Bertz CT molecular complexity index is 643. The Morgan fingerprint density at radius 3 is 2.90 bits per heavy atom. The van der Waals surface area contributed by atoms with Crippen LogP contribution >= 0.6 is 39.1 Å². The molecule has 0 saturated heterocycles. The molecule has 7 heteroatoms. The third-order valence-electron chi connectivity index (χ3n) is 2.61. The molecule has 0 aromatic carbocycles. The third-order valence-corrected chi connectivity index (χ3v) is 3.56. The van der Waals surface area contributed by atoms with E-state index in [9.17, 15) is 4.79 Å². The summed E-state index contributed by atoms with van der Waals surface area (Å²) >= 11 is 15.2. The van der Waals surface area contributed by atoms with E-state index in [0.717, 1.165) is 17.4 Å². The van der Waals surface area contributed by atoms with E-state index in [0.29, 0.717) is 16.4 Å². The van der Waals surface area contributed by atoms with E-state index >= 15 is 0 Å². The van der Waals surface area contributed by atoms with E-state index < -0.39 is 0 Å². The molecule has 2 aromatic heterocycles. The van der Waals surface area contributed by atoms with Crippen molar-refractivity contribution in [3.8, 4) is 0 Å². The van der Waals surface area contributed by atoms with E-state index in [1.807, 2.05) is 11.5 Å².